The Kier molecular flexibility index (Phi) is 3.46. The molecule has 1 heterocycles. The molecule has 4 nitrogen and oxygen atoms in total. The first-order chi connectivity index (χ1) is 10.1. The lowest BCUT2D eigenvalue weighted by atomic mass is 10.1. The van der Waals surface area contributed by atoms with Crippen LogP contribution < -0.4 is 11.1 Å². The van der Waals surface area contributed by atoms with E-state index in [2.05, 4.69) is 10.3 Å². The van der Waals surface area contributed by atoms with Crippen LogP contribution in [-0.4, -0.2) is 10.9 Å². The Morgan fingerprint density at radius 3 is 2.86 bits per heavy atom. The molecule has 0 aliphatic carbocycles. The largest absolute Gasteiger partial charge is 0.398 e. The molecule has 1 aromatic heterocycles. The van der Waals surface area contributed by atoms with E-state index in [1.807, 2.05) is 24.3 Å². The van der Waals surface area contributed by atoms with Crippen molar-refractivity contribution in [3.63, 3.8) is 0 Å². The third kappa shape index (κ3) is 2.66. The Morgan fingerprint density at radius 2 is 2.05 bits per heavy atom. The fourth-order valence-corrected chi connectivity index (χ4v) is 2.27. The van der Waals surface area contributed by atoms with Gasteiger partial charge in [0.2, 0.25) is 0 Å². The highest BCUT2D eigenvalue weighted by atomic mass is 35.5. The molecule has 0 atom stereocenters. The first-order valence-corrected chi connectivity index (χ1v) is 6.72. The highest BCUT2D eigenvalue weighted by Crippen LogP contribution is 2.24. The number of nitrogens with one attached hydrogen (secondary N) is 1. The number of nitrogens with zero attached hydrogens (tertiary/aromatic N) is 1. The number of halogens is 1. The van der Waals surface area contributed by atoms with Crippen LogP contribution in [-0.2, 0) is 0 Å². The van der Waals surface area contributed by atoms with Crippen LogP contribution in [0.5, 0.6) is 0 Å². The second-order valence-electron chi connectivity index (χ2n) is 4.59. The molecule has 3 rings (SSSR count). The van der Waals surface area contributed by atoms with Crippen LogP contribution in [0.4, 0.5) is 11.4 Å². The lowest BCUT2D eigenvalue weighted by molar-refractivity contribution is 0.102. The number of hydrogen-bond donors (Lipinski definition) is 2. The predicted molar refractivity (Wildman–Crippen MR) is 85.6 cm³/mol. The van der Waals surface area contributed by atoms with Gasteiger partial charge in [0.25, 0.3) is 5.91 Å². The van der Waals surface area contributed by atoms with E-state index in [0.717, 1.165) is 16.5 Å². The number of nitrogen functional groups attached to an aromatic ring is 1. The minimum atomic E-state index is -0.235. The van der Waals surface area contributed by atoms with Crippen LogP contribution in [0, 0.1) is 0 Å². The van der Waals surface area contributed by atoms with Gasteiger partial charge >= 0.3 is 0 Å². The molecule has 0 unspecified atom stereocenters. The van der Waals surface area contributed by atoms with Crippen LogP contribution in [0.15, 0.2) is 54.9 Å². The van der Waals surface area contributed by atoms with Crippen molar-refractivity contribution in [3.8, 4) is 0 Å². The summed E-state index contributed by atoms with van der Waals surface area (Å²) in [6.45, 7) is 0. The standard InChI is InChI=1S/C16H12ClN3O/c17-13-8-10(4-5-14(13)18)16(21)20-15-3-1-2-11-9-19-7-6-12(11)15/h1-9H,18H2,(H,20,21). The molecule has 104 valence electrons. The number of aromatic nitrogens is 1. The summed E-state index contributed by atoms with van der Waals surface area (Å²) in [6, 6.07) is 12.3. The molecule has 0 aliphatic heterocycles. The molecule has 0 spiro atoms. The Bertz CT molecular complexity index is 827. The SMILES string of the molecule is Nc1ccc(C(=O)Nc2cccc3cnccc23)cc1Cl. The summed E-state index contributed by atoms with van der Waals surface area (Å²) in [5, 5.41) is 5.14. The highest BCUT2D eigenvalue weighted by Gasteiger charge is 2.09. The molecule has 1 amide bonds. The van der Waals surface area contributed by atoms with Gasteiger partial charge in [-0.1, -0.05) is 23.7 Å². The number of pyridine rings is 1. The first kappa shape index (κ1) is 13.4. The maximum Gasteiger partial charge on any atom is 0.255 e. The van der Waals surface area contributed by atoms with Crippen molar-refractivity contribution in [2.45, 2.75) is 0 Å². The summed E-state index contributed by atoms with van der Waals surface area (Å²) in [5.74, 6) is -0.235. The van der Waals surface area contributed by atoms with Gasteiger partial charge in [-0.2, -0.15) is 0 Å². The molecule has 0 bridgehead atoms. The summed E-state index contributed by atoms with van der Waals surface area (Å²) < 4.78 is 0. The topological polar surface area (TPSA) is 68.0 Å². The molecular formula is C16H12ClN3O. The zero-order valence-corrected chi connectivity index (χ0v) is 11.8. The van der Waals surface area contributed by atoms with E-state index in [-0.39, 0.29) is 5.91 Å². The van der Waals surface area contributed by atoms with Gasteiger partial charge in [0.1, 0.15) is 0 Å². The van der Waals surface area contributed by atoms with Crippen LogP contribution in [0.25, 0.3) is 10.8 Å². The Hall–Kier alpha value is -2.59. The molecule has 2 aromatic carbocycles. The lowest BCUT2D eigenvalue weighted by Gasteiger charge is -2.09. The maximum absolute atomic E-state index is 12.3. The van der Waals surface area contributed by atoms with E-state index in [4.69, 9.17) is 17.3 Å². The van der Waals surface area contributed by atoms with Gasteiger partial charge in [-0.3, -0.25) is 9.78 Å². The average molecular weight is 298 g/mol. The number of hydrogen-bond acceptors (Lipinski definition) is 3. The average Bonchev–Trinajstić information content (AvgIpc) is 2.50. The third-order valence-electron chi connectivity index (χ3n) is 3.19. The van der Waals surface area contributed by atoms with Gasteiger partial charge < -0.3 is 11.1 Å². The normalized spacial score (nSPS) is 10.5. The summed E-state index contributed by atoms with van der Waals surface area (Å²) in [7, 11) is 0. The maximum atomic E-state index is 12.3. The van der Waals surface area contributed by atoms with Gasteiger partial charge in [0.05, 0.1) is 10.7 Å². The van der Waals surface area contributed by atoms with Crippen molar-refractivity contribution in [3.05, 3.63) is 65.4 Å². The van der Waals surface area contributed by atoms with Crippen LogP contribution >= 0.6 is 11.6 Å². The summed E-state index contributed by atoms with van der Waals surface area (Å²) in [4.78, 5) is 16.4. The number of carbonyl (C=O) groups is 1. The van der Waals surface area contributed by atoms with Gasteiger partial charge in [0.15, 0.2) is 0 Å². The van der Waals surface area contributed by atoms with E-state index in [9.17, 15) is 4.79 Å². The molecule has 3 aromatic rings. The second-order valence-corrected chi connectivity index (χ2v) is 5.00. The number of anilines is 2. The zero-order chi connectivity index (χ0) is 14.8. The van der Waals surface area contributed by atoms with Crippen molar-refractivity contribution in [2.75, 3.05) is 11.1 Å². The summed E-state index contributed by atoms with van der Waals surface area (Å²) in [5.41, 5.74) is 7.28. The fraction of sp³-hybridized carbons (Fsp3) is 0. The molecule has 0 radical (unpaired) electrons. The van der Waals surface area contributed by atoms with Gasteiger partial charge in [0, 0.05) is 34.4 Å². The highest BCUT2D eigenvalue weighted by molar-refractivity contribution is 6.33. The van der Waals surface area contributed by atoms with Crippen LogP contribution in [0.2, 0.25) is 5.02 Å². The molecule has 21 heavy (non-hydrogen) atoms. The van der Waals surface area contributed by atoms with Gasteiger partial charge in [-0.05, 0) is 30.3 Å². The number of nitrogens with two attached hydrogens (primary N) is 1. The predicted octanol–water partition coefficient (Wildman–Crippen LogP) is 3.72. The van der Waals surface area contributed by atoms with Crippen molar-refractivity contribution >= 4 is 39.7 Å². The van der Waals surface area contributed by atoms with Crippen LogP contribution in [0.1, 0.15) is 10.4 Å². The fourth-order valence-electron chi connectivity index (χ4n) is 2.09. The van der Waals surface area contributed by atoms with Gasteiger partial charge in [-0.25, -0.2) is 0 Å². The molecular weight excluding hydrogens is 286 g/mol. The van der Waals surface area contributed by atoms with E-state index >= 15 is 0 Å². The summed E-state index contributed by atoms with van der Waals surface area (Å²) in [6.07, 6.45) is 3.45. The lowest BCUT2D eigenvalue weighted by Crippen LogP contribution is -2.12. The smallest absolute Gasteiger partial charge is 0.255 e. The van der Waals surface area contributed by atoms with Gasteiger partial charge in [-0.15, -0.1) is 0 Å². The first-order valence-electron chi connectivity index (χ1n) is 6.34. The monoisotopic (exact) mass is 297 g/mol. The minimum Gasteiger partial charge on any atom is -0.398 e. The van der Waals surface area contributed by atoms with Crippen LogP contribution in [0.3, 0.4) is 0 Å². The van der Waals surface area contributed by atoms with E-state index in [1.54, 1.807) is 30.6 Å². The number of benzene rings is 2. The molecule has 3 N–H and O–H groups in total. The number of amides is 1. The van der Waals surface area contributed by atoms with Crippen molar-refractivity contribution < 1.29 is 4.79 Å². The summed E-state index contributed by atoms with van der Waals surface area (Å²) >= 11 is 5.94. The molecule has 0 saturated heterocycles. The van der Waals surface area contributed by atoms with E-state index < -0.39 is 0 Å². The number of fused-ring (bicyclic) bond motifs is 1. The van der Waals surface area contributed by atoms with Crippen molar-refractivity contribution in [1.82, 2.24) is 4.98 Å². The molecule has 0 aliphatic rings. The van der Waals surface area contributed by atoms with E-state index in [0.29, 0.717) is 16.3 Å². The number of carbonyl (C=O) groups excluding carboxylic acids is 1. The van der Waals surface area contributed by atoms with E-state index in [1.165, 1.54) is 0 Å². The zero-order valence-electron chi connectivity index (χ0n) is 11.0. The Morgan fingerprint density at radius 1 is 1.19 bits per heavy atom. The quantitative estimate of drug-likeness (QED) is 0.708. The Balaban J connectivity index is 1.94. The Labute approximate surface area is 126 Å². The molecule has 0 saturated carbocycles. The minimum absolute atomic E-state index is 0.235. The number of rotatable bonds is 2. The van der Waals surface area contributed by atoms with Crippen molar-refractivity contribution in [1.29, 1.82) is 0 Å². The second kappa shape index (κ2) is 5.42. The molecule has 0 fully saturated rings. The third-order valence-corrected chi connectivity index (χ3v) is 3.52. The van der Waals surface area contributed by atoms with Crippen molar-refractivity contribution in [2.24, 2.45) is 0 Å². The molecule has 5 heteroatoms.